The van der Waals surface area contributed by atoms with Gasteiger partial charge in [-0.1, -0.05) is 54.6 Å². The number of methoxy groups -OCH3 is 2. The van der Waals surface area contributed by atoms with Crippen molar-refractivity contribution in [2.24, 2.45) is 5.92 Å². The zero-order valence-corrected chi connectivity index (χ0v) is 39.8. The smallest absolute Gasteiger partial charge is 0.494 e. The maximum Gasteiger partial charge on any atom is 0.494 e. The number of esters is 1. The maximum absolute atomic E-state index is 16.7. The minimum absolute atomic E-state index is 0.00131. The Balaban J connectivity index is 1.19. The van der Waals surface area contributed by atoms with Crippen LogP contribution >= 0.6 is 11.3 Å². The number of hydrogen-bond acceptors (Lipinski definition) is 10. The number of sulfonamides is 1. The van der Waals surface area contributed by atoms with Crippen molar-refractivity contribution in [3.8, 4) is 33.3 Å². The van der Waals surface area contributed by atoms with Gasteiger partial charge in [-0.05, 0) is 137 Å². The predicted molar refractivity (Wildman–Crippen MR) is 252 cm³/mol. The summed E-state index contributed by atoms with van der Waals surface area (Å²) in [6.07, 6.45) is 2.89. The Kier molecular flexibility index (Phi) is 13.2. The molecule has 65 heavy (non-hydrogen) atoms. The summed E-state index contributed by atoms with van der Waals surface area (Å²) in [5, 5.41) is 0.685. The van der Waals surface area contributed by atoms with E-state index in [4.69, 9.17) is 28.5 Å². The van der Waals surface area contributed by atoms with E-state index in [1.54, 1.807) is 75.7 Å². The van der Waals surface area contributed by atoms with Crippen LogP contribution in [-0.2, 0) is 50.1 Å². The second-order valence-corrected chi connectivity index (χ2v) is 20.8. The van der Waals surface area contributed by atoms with Crippen molar-refractivity contribution in [3.05, 3.63) is 136 Å². The SMILES string of the molecule is CCOC(=O)c1nc(-c2cc(-c3cccc(B4OC(C)(C)C(C)(C)O4)c3)n(Cc3ccc(S(=O)(=O)N(Cc4ccc(OC)cc4)Cc4ccc(OC)cc4)c(F)c3)c2CC2CC2)sc1C. The molecule has 3 heterocycles. The third-order valence-corrected chi connectivity index (χ3v) is 15.4. The first-order valence-corrected chi connectivity index (χ1v) is 24.1. The fourth-order valence-electron chi connectivity index (χ4n) is 8.00. The highest BCUT2D eigenvalue weighted by Crippen LogP contribution is 2.42. The molecule has 4 aromatic carbocycles. The summed E-state index contributed by atoms with van der Waals surface area (Å²) >= 11 is 1.44. The van der Waals surface area contributed by atoms with E-state index in [1.165, 1.54) is 27.8 Å². The monoisotopic (exact) mass is 919 g/mol. The van der Waals surface area contributed by atoms with Crippen molar-refractivity contribution >= 4 is 39.9 Å². The van der Waals surface area contributed by atoms with Crippen molar-refractivity contribution in [2.75, 3.05) is 20.8 Å². The van der Waals surface area contributed by atoms with Crippen LogP contribution in [0, 0.1) is 18.7 Å². The zero-order valence-electron chi connectivity index (χ0n) is 38.1. The largest absolute Gasteiger partial charge is 0.497 e. The second kappa shape index (κ2) is 18.5. The molecule has 0 bridgehead atoms. The Hall–Kier alpha value is -5.32. The number of benzene rings is 4. The molecule has 1 saturated carbocycles. The lowest BCUT2D eigenvalue weighted by Gasteiger charge is -2.32. The minimum atomic E-state index is -4.37. The lowest BCUT2D eigenvalue weighted by Crippen LogP contribution is -2.41. The number of aromatic nitrogens is 2. The molecule has 8 rings (SSSR count). The molecule has 15 heteroatoms. The summed E-state index contributed by atoms with van der Waals surface area (Å²) in [6.45, 7) is 12.2. The van der Waals surface area contributed by atoms with Gasteiger partial charge >= 0.3 is 13.1 Å². The number of hydrogen-bond donors (Lipinski definition) is 0. The van der Waals surface area contributed by atoms with Crippen LogP contribution in [-0.4, -0.2) is 67.4 Å². The first-order valence-electron chi connectivity index (χ1n) is 21.9. The van der Waals surface area contributed by atoms with Crippen LogP contribution < -0.4 is 14.9 Å². The third kappa shape index (κ3) is 9.80. The van der Waals surface area contributed by atoms with Gasteiger partial charge in [0.25, 0.3) is 0 Å². The Labute approximate surface area is 385 Å². The Morgan fingerprint density at radius 3 is 2.03 bits per heavy atom. The highest BCUT2D eigenvalue weighted by molar-refractivity contribution is 7.89. The molecule has 0 N–H and O–H groups in total. The summed E-state index contributed by atoms with van der Waals surface area (Å²) in [4.78, 5) is 18.2. The van der Waals surface area contributed by atoms with Crippen LogP contribution in [0.4, 0.5) is 4.39 Å². The van der Waals surface area contributed by atoms with Crippen molar-refractivity contribution in [3.63, 3.8) is 0 Å². The third-order valence-electron chi connectivity index (χ3n) is 12.6. The van der Waals surface area contributed by atoms with E-state index >= 15 is 4.39 Å². The molecule has 0 spiro atoms. The lowest BCUT2D eigenvalue weighted by atomic mass is 9.78. The van der Waals surface area contributed by atoms with Gasteiger partial charge < -0.3 is 28.1 Å². The van der Waals surface area contributed by atoms with Crippen LogP contribution in [0.25, 0.3) is 21.8 Å². The highest BCUT2D eigenvalue weighted by Gasteiger charge is 2.51. The lowest BCUT2D eigenvalue weighted by molar-refractivity contribution is 0.00578. The van der Waals surface area contributed by atoms with E-state index in [0.717, 1.165) is 52.1 Å². The van der Waals surface area contributed by atoms with Gasteiger partial charge in [0.05, 0.1) is 32.0 Å². The van der Waals surface area contributed by atoms with Gasteiger partial charge in [0.1, 0.15) is 27.2 Å². The van der Waals surface area contributed by atoms with E-state index in [2.05, 4.69) is 16.7 Å². The van der Waals surface area contributed by atoms with Crippen LogP contribution in [0.3, 0.4) is 0 Å². The van der Waals surface area contributed by atoms with Crippen molar-refractivity contribution in [1.82, 2.24) is 13.9 Å². The summed E-state index contributed by atoms with van der Waals surface area (Å²) in [7, 11) is -1.83. The molecule has 0 atom stereocenters. The summed E-state index contributed by atoms with van der Waals surface area (Å²) in [5.74, 6) is 0.400. The average molecular weight is 920 g/mol. The van der Waals surface area contributed by atoms with Crippen molar-refractivity contribution in [1.29, 1.82) is 0 Å². The van der Waals surface area contributed by atoms with Gasteiger partial charge in [-0.3, -0.25) is 0 Å². The molecule has 6 aromatic rings. The normalized spacial score (nSPS) is 15.7. The number of ether oxygens (including phenoxy) is 3. The number of carbonyl (C=O) groups excluding carboxylic acids is 1. The molecular formula is C50H55BFN3O8S2. The van der Waals surface area contributed by atoms with Crippen molar-refractivity contribution in [2.45, 2.75) is 96.5 Å². The van der Waals surface area contributed by atoms with Crippen molar-refractivity contribution < 1.29 is 41.1 Å². The Morgan fingerprint density at radius 2 is 1.48 bits per heavy atom. The van der Waals surface area contributed by atoms with E-state index in [0.29, 0.717) is 39.1 Å². The van der Waals surface area contributed by atoms with Crippen LogP contribution in [0.5, 0.6) is 11.5 Å². The maximum atomic E-state index is 16.7. The molecule has 340 valence electrons. The van der Waals surface area contributed by atoms with Gasteiger partial charge in [-0.2, -0.15) is 4.31 Å². The van der Waals surface area contributed by atoms with E-state index in [1.807, 2.05) is 52.8 Å². The first-order chi connectivity index (χ1) is 31.0. The number of carbonyl (C=O) groups is 1. The number of nitrogens with zero attached hydrogens (tertiary/aromatic N) is 3. The summed E-state index contributed by atoms with van der Waals surface area (Å²) in [5.41, 5.74) is 5.67. The number of thiazole rings is 1. The number of halogens is 1. The molecule has 0 unspecified atom stereocenters. The molecule has 0 radical (unpaired) electrons. The van der Waals surface area contributed by atoms with Gasteiger partial charge in [0.15, 0.2) is 5.69 Å². The molecular weight excluding hydrogens is 865 g/mol. The zero-order chi connectivity index (χ0) is 46.3. The van der Waals surface area contributed by atoms with Gasteiger partial charge in [-0.15, -0.1) is 11.3 Å². The number of rotatable bonds is 17. The average Bonchev–Trinajstić information content (AvgIpc) is 3.85. The van der Waals surface area contributed by atoms with Gasteiger partial charge in [0.2, 0.25) is 10.0 Å². The topological polar surface area (TPSA) is 118 Å². The van der Waals surface area contributed by atoms with Crippen LogP contribution in [0.1, 0.15) is 85.2 Å². The summed E-state index contributed by atoms with van der Waals surface area (Å²) < 4.78 is 78.2. The fraction of sp³-hybridized carbons (Fsp3) is 0.360. The Morgan fingerprint density at radius 1 is 0.877 bits per heavy atom. The Bertz CT molecular complexity index is 2740. The molecule has 1 aliphatic heterocycles. The van der Waals surface area contributed by atoms with E-state index in [-0.39, 0.29) is 31.9 Å². The predicted octanol–water partition coefficient (Wildman–Crippen LogP) is 9.61. The van der Waals surface area contributed by atoms with Crippen LogP contribution in [0.2, 0.25) is 0 Å². The molecule has 2 aliphatic rings. The van der Waals surface area contributed by atoms with Crippen LogP contribution in [0.15, 0.2) is 102 Å². The minimum Gasteiger partial charge on any atom is -0.497 e. The second-order valence-electron chi connectivity index (χ2n) is 17.7. The first kappa shape index (κ1) is 46.2. The molecule has 2 fully saturated rings. The quantitative estimate of drug-likeness (QED) is 0.0651. The number of aryl methyl sites for hydroxylation is 1. The molecule has 11 nitrogen and oxygen atoms in total. The van der Waals surface area contributed by atoms with Gasteiger partial charge in [-0.25, -0.2) is 22.6 Å². The molecule has 1 aliphatic carbocycles. The molecule has 0 amide bonds. The standard InChI is InChI=1S/C50H55BFN3O8S2/c1-9-61-48(56)46-32(2)64-47(53-46)41-28-43(37-11-10-12-38(27-37)51-62-49(3,4)50(5,6)63-51)55(44(41)26-33-13-14-33)31-36-19-24-45(42(52)25-36)65(57,58)54(29-34-15-20-39(59-7)21-16-34)30-35-17-22-40(60-8)23-18-35/h10-12,15-25,27-28,33H,9,13-14,26,29-31H2,1-8H3. The fourth-order valence-corrected chi connectivity index (χ4v) is 10.4. The van der Waals surface area contributed by atoms with E-state index < -0.39 is 45.0 Å². The molecule has 2 aromatic heterocycles. The van der Waals surface area contributed by atoms with E-state index in [9.17, 15) is 13.2 Å². The van der Waals surface area contributed by atoms with Gasteiger partial charge in [0, 0.05) is 41.5 Å². The highest BCUT2D eigenvalue weighted by atomic mass is 32.2. The summed E-state index contributed by atoms with van der Waals surface area (Å²) in [6, 6.07) is 28.8. The molecule has 1 saturated heterocycles.